The maximum absolute atomic E-state index is 4.57. The highest BCUT2D eigenvalue weighted by Crippen LogP contribution is 2.28. The zero-order valence-electron chi connectivity index (χ0n) is 10.3. The molecule has 1 N–H and O–H groups in total. The Labute approximate surface area is 127 Å². The van der Waals surface area contributed by atoms with Crippen LogP contribution in [0, 0.1) is 0 Å². The third-order valence-corrected chi connectivity index (χ3v) is 5.32. The lowest BCUT2D eigenvalue weighted by molar-refractivity contribution is 1.09. The van der Waals surface area contributed by atoms with Crippen molar-refractivity contribution in [1.29, 1.82) is 0 Å². The molecule has 98 valence electrons. The van der Waals surface area contributed by atoms with E-state index in [0.29, 0.717) is 0 Å². The summed E-state index contributed by atoms with van der Waals surface area (Å²) in [5, 5.41) is 5.40. The van der Waals surface area contributed by atoms with Crippen LogP contribution in [0.15, 0.2) is 28.9 Å². The van der Waals surface area contributed by atoms with E-state index in [9.17, 15) is 0 Å². The quantitative estimate of drug-likeness (QED) is 0.739. The molecule has 0 unspecified atom stereocenters. The third-order valence-electron chi connectivity index (χ3n) is 2.69. The van der Waals surface area contributed by atoms with Gasteiger partial charge in [0, 0.05) is 15.5 Å². The van der Waals surface area contributed by atoms with E-state index in [4.69, 9.17) is 0 Å². The summed E-state index contributed by atoms with van der Waals surface area (Å²) in [6.07, 6.45) is 3.00. The van der Waals surface area contributed by atoms with Crippen LogP contribution in [0.4, 0.5) is 5.13 Å². The van der Waals surface area contributed by atoms with Gasteiger partial charge in [-0.1, -0.05) is 34.2 Å². The number of hydrogen-bond donors (Lipinski definition) is 1. The standard InChI is InChI=1S/C13H12BrN3S2/c1-2-9-6-15-12(18-9)7-16-13-17-10-5-8(14)3-4-11(10)19-13/h3-6H,2,7H2,1H3,(H,16,17). The smallest absolute Gasteiger partial charge is 0.184 e. The summed E-state index contributed by atoms with van der Waals surface area (Å²) in [4.78, 5) is 10.3. The van der Waals surface area contributed by atoms with E-state index in [-0.39, 0.29) is 0 Å². The van der Waals surface area contributed by atoms with Crippen LogP contribution in [-0.2, 0) is 13.0 Å². The number of hydrogen-bond acceptors (Lipinski definition) is 5. The SMILES string of the molecule is CCc1cnc(CNc2nc3cc(Br)ccc3s2)s1. The lowest BCUT2D eigenvalue weighted by atomic mass is 10.3. The molecule has 0 bridgehead atoms. The van der Waals surface area contributed by atoms with E-state index in [2.05, 4.69) is 44.2 Å². The first-order chi connectivity index (χ1) is 9.24. The van der Waals surface area contributed by atoms with Crippen LogP contribution >= 0.6 is 38.6 Å². The number of aromatic nitrogens is 2. The van der Waals surface area contributed by atoms with Crippen molar-refractivity contribution in [3.63, 3.8) is 0 Å². The molecular formula is C13H12BrN3S2. The second-order valence-electron chi connectivity index (χ2n) is 4.06. The van der Waals surface area contributed by atoms with Gasteiger partial charge in [0.15, 0.2) is 5.13 Å². The maximum atomic E-state index is 4.57. The molecule has 0 amide bonds. The van der Waals surface area contributed by atoms with Gasteiger partial charge in [0.25, 0.3) is 0 Å². The lowest BCUT2D eigenvalue weighted by Gasteiger charge is -1.97. The summed E-state index contributed by atoms with van der Waals surface area (Å²) >= 11 is 6.89. The van der Waals surface area contributed by atoms with Crippen LogP contribution in [0.2, 0.25) is 0 Å². The highest BCUT2D eigenvalue weighted by Gasteiger charge is 2.05. The molecule has 0 spiro atoms. The van der Waals surface area contributed by atoms with Gasteiger partial charge in [-0.15, -0.1) is 11.3 Å². The minimum Gasteiger partial charge on any atom is -0.355 e. The van der Waals surface area contributed by atoms with Crippen molar-refractivity contribution < 1.29 is 0 Å². The summed E-state index contributed by atoms with van der Waals surface area (Å²) in [5.41, 5.74) is 1.02. The number of thiazole rings is 2. The van der Waals surface area contributed by atoms with Gasteiger partial charge >= 0.3 is 0 Å². The van der Waals surface area contributed by atoms with Crippen molar-refractivity contribution in [2.45, 2.75) is 19.9 Å². The van der Waals surface area contributed by atoms with E-state index < -0.39 is 0 Å². The third kappa shape index (κ3) is 2.96. The van der Waals surface area contributed by atoms with Gasteiger partial charge in [-0.3, -0.25) is 0 Å². The molecule has 3 aromatic rings. The van der Waals surface area contributed by atoms with Crippen molar-refractivity contribution in [2.75, 3.05) is 5.32 Å². The number of aryl methyl sites for hydroxylation is 1. The minimum atomic E-state index is 0.742. The van der Waals surface area contributed by atoms with Crippen molar-refractivity contribution in [3.05, 3.63) is 38.8 Å². The number of nitrogens with zero attached hydrogens (tertiary/aromatic N) is 2. The van der Waals surface area contributed by atoms with Gasteiger partial charge in [-0.25, -0.2) is 9.97 Å². The van der Waals surface area contributed by atoms with Crippen LogP contribution in [0.3, 0.4) is 0 Å². The molecule has 0 aliphatic carbocycles. The minimum absolute atomic E-state index is 0.742. The van der Waals surface area contributed by atoms with Crippen LogP contribution in [0.25, 0.3) is 10.2 Å². The van der Waals surface area contributed by atoms with Crippen LogP contribution in [0.5, 0.6) is 0 Å². The normalized spacial score (nSPS) is 11.1. The molecule has 0 atom stereocenters. The van der Waals surface area contributed by atoms with Gasteiger partial charge in [-0.05, 0) is 24.6 Å². The first-order valence-electron chi connectivity index (χ1n) is 5.98. The Morgan fingerprint density at radius 1 is 1.32 bits per heavy atom. The Bertz CT molecular complexity index is 705. The highest BCUT2D eigenvalue weighted by molar-refractivity contribution is 9.10. The number of benzene rings is 1. The monoisotopic (exact) mass is 353 g/mol. The van der Waals surface area contributed by atoms with E-state index in [1.54, 1.807) is 22.7 Å². The number of nitrogens with one attached hydrogen (secondary N) is 1. The van der Waals surface area contributed by atoms with Crippen LogP contribution in [-0.4, -0.2) is 9.97 Å². The molecule has 6 heteroatoms. The molecule has 0 aliphatic rings. The number of rotatable bonds is 4. The van der Waals surface area contributed by atoms with Crippen LogP contribution < -0.4 is 5.32 Å². The average molecular weight is 354 g/mol. The highest BCUT2D eigenvalue weighted by atomic mass is 79.9. The fourth-order valence-corrected chi connectivity index (χ4v) is 3.71. The van der Waals surface area contributed by atoms with Crippen molar-refractivity contribution in [3.8, 4) is 0 Å². The first kappa shape index (κ1) is 13.0. The predicted octanol–water partition coefficient (Wildman–Crippen LogP) is 4.69. The topological polar surface area (TPSA) is 37.8 Å². The molecule has 2 heterocycles. The van der Waals surface area contributed by atoms with E-state index in [1.807, 2.05) is 18.3 Å². The van der Waals surface area contributed by atoms with E-state index >= 15 is 0 Å². The Morgan fingerprint density at radius 3 is 3.00 bits per heavy atom. The number of fused-ring (bicyclic) bond motifs is 1. The van der Waals surface area contributed by atoms with E-state index in [0.717, 1.165) is 33.1 Å². The molecule has 0 saturated heterocycles. The first-order valence-corrected chi connectivity index (χ1v) is 8.40. The van der Waals surface area contributed by atoms with Gasteiger partial charge in [0.2, 0.25) is 0 Å². The Hall–Kier alpha value is -0.980. The van der Waals surface area contributed by atoms with Gasteiger partial charge in [0.1, 0.15) is 5.01 Å². The molecule has 3 nitrogen and oxygen atoms in total. The Morgan fingerprint density at radius 2 is 2.21 bits per heavy atom. The molecule has 0 fully saturated rings. The second-order valence-corrected chi connectivity index (χ2v) is 7.20. The molecule has 19 heavy (non-hydrogen) atoms. The van der Waals surface area contributed by atoms with Crippen LogP contribution in [0.1, 0.15) is 16.8 Å². The average Bonchev–Trinajstić information content (AvgIpc) is 3.01. The summed E-state index contributed by atoms with van der Waals surface area (Å²) in [6.45, 7) is 2.89. The largest absolute Gasteiger partial charge is 0.355 e. The lowest BCUT2D eigenvalue weighted by Crippen LogP contribution is -1.97. The fourth-order valence-electron chi connectivity index (χ4n) is 1.72. The van der Waals surface area contributed by atoms with Gasteiger partial charge < -0.3 is 5.32 Å². The summed E-state index contributed by atoms with van der Waals surface area (Å²) in [5.74, 6) is 0. The molecular weight excluding hydrogens is 342 g/mol. The summed E-state index contributed by atoms with van der Waals surface area (Å²) in [6, 6.07) is 6.16. The second kappa shape index (κ2) is 5.56. The van der Waals surface area contributed by atoms with Crippen molar-refractivity contribution in [2.24, 2.45) is 0 Å². The molecule has 0 saturated carbocycles. The zero-order chi connectivity index (χ0) is 13.2. The predicted molar refractivity (Wildman–Crippen MR) is 86.1 cm³/mol. The fraction of sp³-hybridized carbons (Fsp3) is 0.231. The zero-order valence-corrected chi connectivity index (χ0v) is 13.5. The van der Waals surface area contributed by atoms with Crippen molar-refractivity contribution in [1.82, 2.24) is 9.97 Å². The maximum Gasteiger partial charge on any atom is 0.184 e. The van der Waals surface area contributed by atoms with Crippen molar-refractivity contribution >= 4 is 54.0 Å². The molecule has 3 rings (SSSR count). The van der Waals surface area contributed by atoms with E-state index in [1.165, 1.54) is 9.58 Å². The van der Waals surface area contributed by atoms with Gasteiger partial charge in [0.05, 0.1) is 16.8 Å². The Kier molecular flexibility index (Phi) is 3.81. The summed E-state index contributed by atoms with van der Waals surface area (Å²) in [7, 11) is 0. The molecule has 0 aliphatic heterocycles. The number of halogens is 1. The molecule has 2 aromatic heterocycles. The molecule has 1 aromatic carbocycles. The summed E-state index contributed by atoms with van der Waals surface area (Å²) < 4.78 is 2.25. The molecule has 0 radical (unpaired) electrons. The van der Waals surface area contributed by atoms with Gasteiger partial charge in [-0.2, -0.15) is 0 Å². The Balaban J connectivity index is 1.74. The number of anilines is 1.